The van der Waals surface area contributed by atoms with Gasteiger partial charge >= 0.3 is 0 Å². The van der Waals surface area contributed by atoms with E-state index in [0.717, 1.165) is 0 Å². The zero-order valence-electron chi connectivity index (χ0n) is 9.04. The Labute approximate surface area is 104 Å². The van der Waals surface area contributed by atoms with Crippen molar-refractivity contribution in [3.63, 3.8) is 0 Å². The van der Waals surface area contributed by atoms with Crippen LogP contribution in [0.15, 0.2) is 54.6 Å². The summed E-state index contributed by atoms with van der Waals surface area (Å²) in [4.78, 5) is 0. The molecule has 88 valence electrons. The first-order valence-corrected chi connectivity index (χ1v) is 5.63. The highest BCUT2D eigenvalue weighted by Gasteiger charge is 2.31. The van der Waals surface area contributed by atoms with E-state index in [1.807, 2.05) is 0 Å². The van der Waals surface area contributed by atoms with Crippen LogP contribution in [0.5, 0.6) is 0 Å². The standard InChI is InChI=1S/C14H11ClF2/c15-13-8-6-11(7-9-13)10-14(16,17)12-4-2-1-3-5-12/h1-9H,10H2. The van der Waals surface area contributed by atoms with Crippen LogP contribution in [0.1, 0.15) is 11.1 Å². The number of halogens is 3. The minimum absolute atomic E-state index is 0.0370. The van der Waals surface area contributed by atoms with Crippen molar-refractivity contribution in [1.29, 1.82) is 0 Å². The van der Waals surface area contributed by atoms with Crippen LogP contribution in [-0.2, 0) is 12.3 Å². The fourth-order valence-corrected chi connectivity index (χ4v) is 1.77. The van der Waals surface area contributed by atoms with Crippen LogP contribution >= 0.6 is 11.6 Å². The van der Waals surface area contributed by atoms with Gasteiger partial charge in [0.05, 0.1) is 0 Å². The highest BCUT2D eigenvalue weighted by Crippen LogP contribution is 2.31. The van der Waals surface area contributed by atoms with Crippen molar-refractivity contribution < 1.29 is 8.78 Å². The second-order valence-corrected chi connectivity index (χ2v) is 4.31. The lowest BCUT2D eigenvalue weighted by atomic mass is 10.0. The molecule has 0 aliphatic heterocycles. The molecule has 0 aliphatic rings. The zero-order valence-corrected chi connectivity index (χ0v) is 9.79. The predicted octanol–water partition coefficient (Wildman–Crippen LogP) is 4.67. The van der Waals surface area contributed by atoms with Crippen LogP contribution < -0.4 is 0 Å². The Hall–Kier alpha value is -1.41. The zero-order chi connectivity index (χ0) is 12.3. The molecule has 2 aromatic carbocycles. The molecule has 0 saturated heterocycles. The summed E-state index contributed by atoms with van der Waals surface area (Å²) in [5.74, 6) is -2.85. The molecular formula is C14H11ClF2. The minimum Gasteiger partial charge on any atom is -0.201 e. The molecule has 0 aliphatic carbocycles. The second kappa shape index (κ2) is 4.84. The molecule has 0 bridgehead atoms. The van der Waals surface area contributed by atoms with Gasteiger partial charge in [0.15, 0.2) is 0 Å². The lowest BCUT2D eigenvalue weighted by Crippen LogP contribution is -2.16. The maximum atomic E-state index is 13.9. The number of hydrogen-bond donors (Lipinski definition) is 0. The van der Waals surface area contributed by atoms with Gasteiger partial charge < -0.3 is 0 Å². The first-order valence-electron chi connectivity index (χ1n) is 5.26. The van der Waals surface area contributed by atoms with Gasteiger partial charge in [0, 0.05) is 17.0 Å². The van der Waals surface area contributed by atoms with Crippen molar-refractivity contribution in [3.8, 4) is 0 Å². The molecule has 0 unspecified atom stereocenters. The Morgan fingerprint density at radius 3 is 2.06 bits per heavy atom. The lowest BCUT2D eigenvalue weighted by molar-refractivity contribution is -0.00381. The van der Waals surface area contributed by atoms with Crippen LogP contribution in [-0.4, -0.2) is 0 Å². The second-order valence-electron chi connectivity index (χ2n) is 3.87. The average Bonchev–Trinajstić information content (AvgIpc) is 2.33. The average molecular weight is 253 g/mol. The molecular weight excluding hydrogens is 242 g/mol. The topological polar surface area (TPSA) is 0 Å². The van der Waals surface area contributed by atoms with E-state index >= 15 is 0 Å². The van der Waals surface area contributed by atoms with Gasteiger partial charge in [0.1, 0.15) is 0 Å². The molecule has 0 radical (unpaired) electrons. The molecule has 2 rings (SSSR count). The Morgan fingerprint density at radius 1 is 0.882 bits per heavy atom. The van der Waals surface area contributed by atoms with Gasteiger partial charge in [-0.15, -0.1) is 0 Å². The minimum atomic E-state index is -2.85. The number of alkyl halides is 2. The molecule has 0 heterocycles. The van der Waals surface area contributed by atoms with Gasteiger partial charge in [-0.2, -0.15) is 0 Å². The maximum Gasteiger partial charge on any atom is 0.277 e. The normalized spacial score (nSPS) is 11.5. The van der Waals surface area contributed by atoms with Crippen LogP contribution in [0, 0.1) is 0 Å². The van der Waals surface area contributed by atoms with Crippen molar-refractivity contribution in [2.24, 2.45) is 0 Å². The van der Waals surface area contributed by atoms with Gasteiger partial charge in [-0.3, -0.25) is 0 Å². The fourth-order valence-electron chi connectivity index (χ4n) is 1.64. The van der Waals surface area contributed by atoms with Crippen molar-refractivity contribution in [2.45, 2.75) is 12.3 Å². The SMILES string of the molecule is FC(F)(Cc1ccc(Cl)cc1)c1ccccc1. The van der Waals surface area contributed by atoms with Crippen LogP contribution in [0.4, 0.5) is 8.78 Å². The van der Waals surface area contributed by atoms with E-state index in [1.54, 1.807) is 42.5 Å². The third-order valence-corrected chi connectivity index (χ3v) is 2.79. The van der Waals surface area contributed by atoms with Crippen LogP contribution in [0.25, 0.3) is 0 Å². The van der Waals surface area contributed by atoms with Gasteiger partial charge in [-0.05, 0) is 17.7 Å². The number of rotatable bonds is 3. The fraction of sp³-hybridized carbons (Fsp3) is 0.143. The van der Waals surface area contributed by atoms with E-state index in [0.29, 0.717) is 10.6 Å². The molecule has 3 heteroatoms. The van der Waals surface area contributed by atoms with Gasteiger partial charge in [0.2, 0.25) is 0 Å². The summed E-state index contributed by atoms with van der Waals surface area (Å²) in [6, 6.07) is 14.3. The highest BCUT2D eigenvalue weighted by molar-refractivity contribution is 6.30. The summed E-state index contributed by atoms with van der Waals surface area (Å²) in [6.07, 6.45) is -0.311. The number of hydrogen-bond acceptors (Lipinski definition) is 0. The largest absolute Gasteiger partial charge is 0.277 e. The highest BCUT2D eigenvalue weighted by atomic mass is 35.5. The van der Waals surface area contributed by atoms with Gasteiger partial charge in [-0.25, -0.2) is 8.78 Å². The summed E-state index contributed by atoms with van der Waals surface area (Å²) >= 11 is 5.71. The van der Waals surface area contributed by atoms with E-state index in [9.17, 15) is 8.78 Å². The molecule has 0 fully saturated rings. The van der Waals surface area contributed by atoms with Crippen molar-refractivity contribution >= 4 is 11.6 Å². The maximum absolute atomic E-state index is 13.9. The molecule has 17 heavy (non-hydrogen) atoms. The van der Waals surface area contributed by atoms with Crippen LogP contribution in [0.3, 0.4) is 0 Å². The van der Waals surface area contributed by atoms with Gasteiger partial charge in [-0.1, -0.05) is 54.1 Å². The number of benzene rings is 2. The summed E-state index contributed by atoms with van der Waals surface area (Å²) in [5.41, 5.74) is 0.609. The first-order chi connectivity index (χ1) is 8.08. The molecule has 0 aromatic heterocycles. The smallest absolute Gasteiger partial charge is 0.201 e. The Balaban J connectivity index is 2.20. The van der Waals surface area contributed by atoms with E-state index in [4.69, 9.17) is 11.6 Å². The van der Waals surface area contributed by atoms with Crippen molar-refractivity contribution in [3.05, 3.63) is 70.7 Å². The van der Waals surface area contributed by atoms with Crippen molar-refractivity contribution in [2.75, 3.05) is 0 Å². The molecule has 0 spiro atoms. The monoisotopic (exact) mass is 252 g/mol. The molecule has 0 atom stereocenters. The Morgan fingerprint density at radius 2 is 1.47 bits per heavy atom. The Bertz CT molecular complexity index is 477. The van der Waals surface area contributed by atoms with Gasteiger partial charge in [0.25, 0.3) is 5.92 Å². The summed E-state index contributed by atoms with van der Waals surface area (Å²) in [5, 5.41) is 0.553. The summed E-state index contributed by atoms with van der Waals surface area (Å²) in [6.45, 7) is 0. The van der Waals surface area contributed by atoms with E-state index < -0.39 is 5.92 Å². The summed E-state index contributed by atoms with van der Waals surface area (Å²) < 4.78 is 27.8. The molecule has 0 amide bonds. The predicted molar refractivity (Wildman–Crippen MR) is 65.5 cm³/mol. The molecule has 0 nitrogen and oxygen atoms in total. The van der Waals surface area contributed by atoms with E-state index in [2.05, 4.69) is 0 Å². The van der Waals surface area contributed by atoms with E-state index in [1.165, 1.54) is 12.1 Å². The third kappa shape index (κ3) is 3.04. The molecule has 2 aromatic rings. The first kappa shape index (κ1) is 12.1. The molecule has 0 N–H and O–H groups in total. The lowest BCUT2D eigenvalue weighted by Gasteiger charge is -2.16. The van der Waals surface area contributed by atoms with E-state index in [-0.39, 0.29) is 12.0 Å². The third-order valence-electron chi connectivity index (χ3n) is 2.54. The quantitative estimate of drug-likeness (QED) is 0.744. The van der Waals surface area contributed by atoms with Crippen molar-refractivity contribution in [1.82, 2.24) is 0 Å². The Kier molecular flexibility index (Phi) is 3.43. The molecule has 0 saturated carbocycles. The van der Waals surface area contributed by atoms with Crippen LogP contribution in [0.2, 0.25) is 5.02 Å². The summed E-state index contributed by atoms with van der Waals surface area (Å²) in [7, 11) is 0.